The maximum absolute atomic E-state index is 12.6. The van der Waals surface area contributed by atoms with Crippen molar-refractivity contribution in [3.05, 3.63) is 46.7 Å². The molecule has 0 amide bonds. The lowest BCUT2D eigenvalue weighted by Crippen LogP contribution is -2.16. The van der Waals surface area contributed by atoms with E-state index in [9.17, 15) is 9.59 Å². The molecular formula is C22H23N3O3S. The average Bonchev–Trinajstić information content (AvgIpc) is 3.10. The Bertz CT molecular complexity index is 1160. The molecule has 0 bridgehead atoms. The number of hydrogen-bond donors (Lipinski definition) is 0. The molecule has 7 heteroatoms. The van der Waals surface area contributed by atoms with Gasteiger partial charge in [-0.1, -0.05) is 43.5 Å². The van der Waals surface area contributed by atoms with Crippen molar-refractivity contribution < 1.29 is 14.3 Å². The molecule has 0 N–H and O–H groups in total. The van der Waals surface area contributed by atoms with E-state index in [-0.39, 0.29) is 11.9 Å². The first-order valence-electron chi connectivity index (χ1n) is 9.85. The molecule has 1 aliphatic rings. The summed E-state index contributed by atoms with van der Waals surface area (Å²) in [6, 6.07) is 11.7. The summed E-state index contributed by atoms with van der Waals surface area (Å²) in [7, 11) is 1.36. The fourth-order valence-corrected chi connectivity index (χ4v) is 4.54. The van der Waals surface area contributed by atoms with Gasteiger partial charge in [-0.3, -0.25) is 9.36 Å². The molecule has 6 nitrogen and oxygen atoms in total. The van der Waals surface area contributed by atoms with Crippen molar-refractivity contribution in [2.45, 2.75) is 45.1 Å². The maximum atomic E-state index is 12.6. The van der Waals surface area contributed by atoms with Gasteiger partial charge in [0.2, 0.25) is 10.7 Å². The Balaban J connectivity index is 2.02. The second-order valence-corrected chi connectivity index (χ2v) is 7.80. The van der Waals surface area contributed by atoms with Crippen LogP contribution in [0, 0.1) is 4.77 Å². The van der Waals surface area contributed by atoms with E-state index in [2.05, 4.69) is 5.10 Å². The van der Waals surface area contributed by atoms with Crippen LogP contribution < -0.4 is 0 Å². The van der Waals surface area contributed by atoms with Crippen LogP contribution in [-0.2, 0) is 4.74 Å². The second-order valence-electron chi connectivity index (χ2n) is 7.44. The van der Waals surface area contributed by atoms with E-state index in [1.54, 1.807) is 0 Å². The molecule has 4 rings (SSSR count). The van der Waals surface area contributed by atoms with E-state index < -0.39 is 5.97 Å². The topological polar surface area (TPSA) is 66.1 Å². The minimum atomic E-state index is -0.441. The normalized spacial score (nSPS) is 14.8. The van der Waals surface area contributed by atoms with Crippen molar-refractivity contribution in [3.63, 3.8) is 0 Å². The van der Waals surface area contributed by atoms with Crippen molar-refractivity contribution >= 4 is 34.9 Å². The number of fused-ring (bicyclic) bond motifs is 1. The molecule has 1 aliphatic carbocycles. The number of carbonyl (C=O) groups is 2. The number of hydrogen-bond acceptors (Lipinski definition) is 5. The van der Waals surface area contributed by atoms with Crippen LogP contribution in [0.3, 0.4) is 0 Å². The van der Waals surface area contributed by atoms with Gasteiger partial charge in [-0.25, -0.2) is 4.79 Å². The lowest BCUT2D eigenvalue weighted by molar-refractivity contribution is 0.0601. The summed E-state index contributed by atoms with van der Waals surface area (Å²) >= 11 is 5.63. The van der Waals surface area contributed by atoms with E-state index in [4.69, 9.17) is 17.0 Å². The summed E-state index contributed by atoms with van der Waals surface area (Å²) < 4.78 is 8.64. The lowest BCUT2D eigenvalue weighted by atomic mass is 9.94. The largest absolute Gasteiger partial charge is 0.465 e. The number of esters is 1. The third-order valence-corrected chi connectivity index (χ3v) is 5.95. The molecule has 0 atom stereocenters. The lowest BCUT2D eigenvalue weighted by Gasteiger charge is -2.24. The van der Waals surface area contributed by atoms with E-state index in [0.29, 0.717) is 21.7 Å². The third-order valence-electron chi connectivity index (χ3n) is 5.58. The maximum Gasteiger partial charge on any atom is 0.338 e. The Morgan fingerprint density at radius 1 is 1.10 bits per heavy atom. The number of ether oxygens (including phenoxy) is 1. The van der Waals surface area contributed by atoms with Gasteiger partial charge in [-0.2, -0.15) is 4.68 Å². The van der Waals surface area contributed by atoms with Crippen LogP contribution in [0.1, 0.15) is 60.2 Å². The van der Waals surface area contributed by atoms with Crippen molar-refractivity contribution in [2.75, 3.05) is 7.11 Å². The zero-order valence-corrected chi connectivity index (χ0v) is 17.4. The zero-order chi connectivity index (χ0) is 20.5. The number of nitrogens with zero attached hydrogens (tertiary/aromatic N) is 3. The van der Waals surface area contributed by atoms with Gasteiger partial charge in [0, 0.05) is 18.5 Å². The molecule has 29 heavy (non-hydrogen) atoms. The van der Waals surface area contributed by atoms with Crippen molar-refractivity contribution in [3.8, 4) is 11.4 Å². The monoisotopic (exact) mass is 409 g/mol. The average molecular weight is 410 g/mol. The van der Waals surface area contributed by atoms with Gasteiger partial charge >= 0.3 is 5.97 Å². The Hall–Kier alpha value is -2.80. The predicted octanol–water partition coefficient (Wildman–Crippen LogP) is 5.19. The third kappa shape index (κ3) is 3.51. The predicted molar refractivity (Wildman–Crippen MR) is 114 cm³/mol. The highest BCUT2D eigenvalue weighted by molar-refractivity contribution is 7.71. The number of carbonyl (C=O) groups excluding carboxylic acids is 2. The first kappa shape index (κ1) is 19.5. The van der Waals surface area contributed by atoms with Crippen molar-refractivity contribution in [1.82, 2.24) is 14.3 Å². The molecule has 150 valence electrons. The molecule has 0 radical (unpaired) electrons. The summed E-state index contributed by atoms with van der Waals surface area (Å²) in [5.41, 5.74) is 1.05. The van der Waals surface area contributed by atoms with Gasteiger partial charge < -0.3 is 4.74 Å². The Kier molecular flexibility index (Phi) is 5.32. The van der Waals surface area contributed by atoms with Gasteiger partial charge in [0.25, 0.3) is 0 Å². The quantitative estimate of drug-likeness (QED) is 0.440. The van der Waals surface area contributed by atoms with Gasteiger partial charge in [0.1, 0.15) is 0 Å². The summed E-state index contributed by atoms with van der Waals surface area (Å²) in [5, 5.41) is 6.47. The second kappa shape index (κ2) is 7.91. The highest BCUT2D eigenvalue weighted by Gasteiger charge is 2.26. The van der Waals surface area contributed by atoms with Crippen LogP contribution in [0.15, 0.2) is 36.4 Å². The van der Waals surface area contributed by atoms with E-state index in [1.165, 1.54) is 25.1 Å². The number of methoxy groups -OCH3 is 1. The Morgan fingerprint density at radius 2 is 1.76 bits per heavy atom. The highest BCUT2D eigenvalue weighted by Crippen LogP contribution is 2.35. The summed E-state index contributed by atoms with van der Waals surface area (Å²) in [6.45, 7) is 1.44. The van der Waals surface area contributed by atoms with Crippen LogP contribution in [0.2, 0.25) is 0 Å². The SMILES string of the molecule is COC(=O)c1cc2ccccc2cc1-c1nn(C(C)=O)c(=S)n1C1CCCCC1. The number of benzene rings is 2. The van der Waals surface area contributed by atoms with E-state index >= 15 is 0 Å². The molecule has 0 saturated heterocycles. The number of rotatable bonds is 3. The van der Waals surface area contributed by atoms with E-state index in [0.717, 1.165) is 36.5 Å². The van der Waals surface area contributed by atoms with Gasteiger partial charge in [-0.15, -0.1) is 5.10 Å². The standard InChI is InChI=1S/C22H23N3O3S/c1-14(26)25-22(29)24(17-10-4-3-5-11-17)20(23-25)18-12-15-8-6-7-9-16(15)13-19(18)21(27)28-2/h6-9,12-13,17H,3-5,10-11H2,1-2H3. The molecule has 0 unspecified atom stereocenters. The molecule has 1 saturated carbocycles. The van der Waals surface area contributed by atoms with E-state index in [1.807, 2.05) is 41.0 Å². The molecule has 0 spiro atoms. The Labute approximate surface area is 174 Å². The smallest absolute Gasteiger partial charge is 0.338 e. The van der Waals surface area contributed by atoms with Crippen molar-refractivity contribution in [1.29, 1.82) is 0 Å². The molecule has 3 aromatic rings. The summed E-state index contributed by atoms with van der Waals surface area (Å²) in [6.07, 6.45) is 5.37. The molecular weight excluding hydrogens is 386 g/mol. The summed E-state index contributed by atoms with van der Waals surface area (Å²) in [5.74, 6) is -0.140. The van der Waals surface area contributed by atoms with Gasteiger partial charge in [-0.05, 0) is 48.0 Å². The van der Waals surface area contributed by atoms with Crippen LogP contribution in [0.4, 0.5) is 0 Å². The number of aromatic nitrogens is 3. The highest BCUT2D eigenvalue weighted by atomic mass is 32.1. The first-order chi connectivity index (χ1) is 14.0. The zero-order valence-electron chi connectivity index (χ0n) is 16.6. The molecule has 1 fully saturated rings. The molecule has 1 aromatic heterocycles. The van der Waals surface area contributed by atoms with Crippen LogP contribution in [0.25, 0.3) is 22.2 Å². The van der Waals surface area contributed by atoms with Crippen LogP contribution >= 0.6 is 12.2 Å². The molecule has 1 heterocycles. The van der Waals surface area contributed by atoms with Gasteiger partial charge in [0.15, 0.2) is 5.82 Å². The minimum Gasteiger partial charge on any atom is -0.465 e. The van der Waals surface area contributed by atoms with Crippen LogP contribution in [-0.4, -0.2) is 33.3 Å². The Morgan fingerprint density at radius 3 is 2.38 bits per heavy atom. The van der Waals surface area contributed by atoms with Crippen LogP contribution in [0.5, 0.6) is 0 Å². The fourth-order valence-electron chi connectivity index (χ4n) is 4.14. The summed E-state index contributed by atoms with van der Waals surface area (Å²) in [4.78, 5) is 24.8. The molecule has 0 aliphatic heterocycles. The minimum absolute atomic E-state index is 0.163. The van der Waals surface area contributed by atoms with Gasteiger partial charge in [0.05, 0.1) is 12.7 Å². The molecule has 2 aromatic carbocycles. The first-order valence-corrected chi connectivity index (χ1v) is 10.3. The fraction of sp³-hybridized carbons (Fsp3) is 0.364. The van der Waals surface area contributed by atoms with Crippen molar-refractivity contribution in [2.24, 2.45) is 0 Å².